The Kier molecular flexibility index (Phi) is 8.60. The summed E-state index contributed by atoms with van der Waals surface area (Å²) in [5.41, 5.74) is 13.5. The molecule has 0 radical (unpaired) electrons. The molecular weight excluding hydrogens is 661 g/mol. The van der Waals surface area contributed by atoms with Crippen molar-refractivity contribution in [3.05, 3.63) is 181 Å². The second kappa shape index (κ2) is 14.0. The fourth-order valence-electron chi connectivity index (χ4n) is 7.78. The van der Waals surface area contributed by atoms with Crippen LogP contribution in [0.5, 0.6) is 11.5 Å². The monoisotopic (exact) mass is 700 g/mol. The number of nitrogens with zero attached hydrogens (tertiary/aromatic N) is 4. The van der Waals surface area contributed by atoms with Crippen LogP contribution in [-0.2, 0) is 12.8 Å². The summed E-state index contributed by atoms with van der Waals surface area (Å²) in [6, 6.07) is 55.1. The average Bonchev–Trinajstić information content (AvgIpc) is 3.78. The summed E-state index contributed by atoms with van der Waals surface area (Å²) in [7, 11) is 0. The first kappa shape index (κ1) is 33.1. The molecule has 6 aromatic carbocycles. The van der Waals surface area contributed by atoms with Crippen molar-refractivity contribution in [1.29, 1.82) is 0 Å². The van der Waals surface area contributed by atoms with E-state index in [1.807, 2.05) is 24.4 Å². The quantitative estimate of drug-likeness (QED) is 0.151. The van der Waals surface area contributed by atoms with Crippen molar-refractivity contribution in [2.45, 2.75) is 33.6 Å². The van der Waals surface area contributed by atoms with Crippen molar-refractivity contribution in [3.8, 4) is 56.6 Å². The number of rotatable bonds is 9. The van der Waals surface area contributed by atoms with Gasteiger partial charge in [-0.05, 0) is 84.5 Å². The maximum Gasteiger partial charge on any atom is 0.137 e. The Morgan fingerprint density at radius 2 is 1.22 bits per heavy atom. The molecule has 0 aliphatic rings. The van der Waals surface area contributed by atoms with Crippen molar-refractivity contribution in [2.24, 2.45) is 0 Å². The second-order valence-corrected chi connectivity index (χ2v) is 13.7. The molecule has 0 N–H and O–H groups in total. The Morgan fingerprint density at radius 3 is 1.96 bits per heavy atom. The number of fused-ring (bicyclic) bond motifs is 3. The molecule has 0 amide bonds. The van der Waals surface area contributed by atoms with Gasteiger partial charge in [0.05, 0.1) is 22.4 Å². The summed E-state index contributed by atoms with van der Waals surface area (Å²) in [4.78, 5) is 4.76. The van der Waals surface area contributed by atoms with Gasteiger partial charge in [-0.2, -0.15) is 5.10 Å². The molecule has 0 spiro atoms. The van der Waals surface area contributed by atoms with Gasteiger partial charge in [-0.25, -0.2) is 9.67 Å². The predicted molar refractivity (Wildman–Crippen MR) is 222 cm³/mol. The number of para-hydroxylation sites is 1. The van der Waals surface area contributed by atoms with Crippen LogP contribution >= 0.6 is 0 Å². The van der Waals surface area contributed by atoms with Crippen LogP contribution in [0, 0.1) is 6.92 Å². The van der Waals surface area contributed by atoms with E-state index in [0.717, 1.165) is 85.9 Å². The van der Waals surface area contributed by atoms with Gasteiger partial charge < -0.3 is 4.74 Å². The van der Waals surface area contributed by atoms with Crippen molar-refractivity contribution in [1.82, 2.24) is 19.3 Å². The summed E-state index contributed by atoms with van der Waals surface area (Å²) in [5.74, 6) is 2.35. The normalized spacial score (nSPS) is 11.4. The van der Waals surface area contributed by atoms with E-state index in [1.165, 1.54) is 22.1 Å². The van der Waals surface area contributed by atoms with Gasteiger partial charge in [-0.1, -0.05) is 117 Å². The number of hydrogen-bond donors (Lipinski definition) is 0. The van der Waals surface area contributed by atoms with Gasteiger partial charge in [0.15, 0.2) is 0 Å². The number of hydrogen-bond acceptors (Lipinski definition) is 3. The van der Waals surface area contributed by atoms with Crippen LogP contribution in [0.15, 0.2) is 164 Å². The van der Waals surface area contributed by atoms with Crippen LogP contribution in [0.25, 0.3) is 67.0 Å². The SMILES string of the molecule is CCc1cccc(CC)c1-c1c(-c2ccccc2)nn(-c2cccc(Oc3ccc4c5ccccc5n(-c5cc(C)ccn5)c4c3)c2)c1-c1ccccc1. The van der Waals surface area contributed by atoms with Crippen LogP contribution in [-0.4, -0.2) is 19.3 Å². The van der Waals surface area contributed by atoms with Crippen LogP contribution in [0.3, 0.4) is 0 Å². The number of aryl methyl sites for hydroxylation is 3. The molecule has 5 heteroatoms. The molecule has 0 fully saturated rings. The molecular formula is C49H40N4O. The van der Waals surface area contributed by atoms with E-state index >= 15 is 0 Å². The summed E-state index contributed by atoms with van der Waals surface area (Å²) >= 11 is 0. The van der Waals surface area contributed by atoms with E-state index in [-0.39, 0.29) is 0 Å². The smallest absolute Gasteiger partial charge is 0.137 e. The number of ether oxygens (including phenoxy) is 1. The Balaban J connectivity index is 1.22. The van der Waals surface area contributed by atoms with E-state index in [2.05, 4.69) is 170 Å². The van der Waals surface area contributed by atoms with Gasteiger partial charge in [0, 0.05) is 45.8 Å². The molecule has 9 aromatic rings. The second-order valence-electron chi connectivity index (χ2n) is 13.7. The third-order valence-electron chi connectivity index (χ3n) is 10.3. The molecule has 9 rings (SSSR count). The molecule has 0 atom stereocenters. The highest BCUT2D eigenvalue weighted by molar-refractivity contribution is 6.09. The number of aromatic nitrogens is 4. The van der Waals surface area contributed by atoms with Gasteiger partial charge >= 0.3 is 0 Å². The fraction of sp³-hybridized carbons (Fsp3) is 0.102. The molecule has 0 saturated carbocycles. The van der Waals surface area contributed by atoms with E-state index in [0.29, 0.717) is 0 Å². The Labute approximate surface area is 315 Å². The summed E-state index contributed by atoms with van der Waals surface area (Å²) in [6.45, 7) is 6.57. The molecule has 54 heavy (non-hydrogen) atoms. The van der Waals surface area contributed by atoms with Crippen molar-refractivity contribution >= 4 is 21.8 Å². The Morgan fingerprint density at radius 1 is 0.556 bits per heavy atom. The number of benzene rings is 6. The first-order valence-electron chi connectivity index (χ1n) is 18.7. The first-order chi connectivity index (χ1) is 26.6. The van der Waals surface area contributed by atoms with E-state index in [1.54, 1.807) is 0 Å². The van der Waals surface area contributed by atoms with Gasteiger partial charge in [0.2, 0.25) is 0 Å². The highest BCUT2D eigenvalue weighted by Gasteiger charge is 2.26. The summed E-state index contributed by atoms with van der Waals surface area (Å²) in [5, 5.41) is 7.80. The molecule has 262 valence electrons. The molecule has 0 aliphatic heterocycles. The highest BCUT2D eigenvalue weighted by Crippen LogP contribution is 2.45. The lowest BCUT2D eigenvalue weighted by Crippen LogP contribution is -2.01. The Bertz CT molecular complexity index is 2760. The zero-order chi connectivity index (χ0) is 36.6. The third kappa shape index (κ3) is 5.84. The zero-order valence-electron chi connectivity index (χ0n) is 30.7. The van der Waals surface area contributed by atoms with E-state index < -0.39 is 0 Å². The zero-order valence-corrected chi connectivity index (χ0v) is 30.7. The van der Waals surface area contributed by atoms with Gasteiger partial charge in [0.25, 0.3) is 0 Å². The summed E-state index contributed by atoms with van der Waals surface area (Å²) in [6.07, 6.45) is 3.71. The van der Waals surface area contributed by atoms with Crippen LogP contribution < -0.4 is 4.74 Å². The largest absolute Gasteiger partial charge is 0.457 e. The number of pyridine rings is 1. The molecule has 3 heterocycles. The standard InChI is InChI=1S/C49H40N4O/c1-4-34-20-14-21-35(5-2)46(34)47-48(36-16-8-6-9-17-36)51-53(49(47)37-18-10-7-11-19-37)38-22-15-23-39(31-38)54-40-26-27-42-41-24-12-13-25-43(41)52(44(42)32-40)45-30-33(3)28-29-50-45/h6-32H,4-5H2,1-3H3. The minimum absolute atomic E-state index is 0.726. The first-order valence-corrected chi connectivity index (χ1v) is 18.7. The molecule has 0 aliphatic carbocycles. The van der Waals surface area contributed by atoms with Gasteiger partial charge in [0.1, 0.15) is 23.0 Å². The lowest BCUT2D eigenvalue weighted by molar-refractivity contribution is 0.483. The van der Waals surface area contributed by atoms with Crippen molar-refractivity contribution < 1.29 is 4.74 Å². The van der Waals surface area contributed by atoms with Gasteiger partial charge in [-0.3, -0.25) is 4.57 Å². The maximum atomic E-state index is 6.71. The minimum atomic E-state index is 0.726. The lowest BCUT2D eigenvalue weighted by atomic mass is 9.87. The van der Waals surface area contributed by atoms with E-state index in [4.69, 9.17) is 14.8 Å². The van der Waals surface area contributed by atoms with Crippen LogP contribution in [0.4, 0.5) is 0 Å². The van der Waals surface area contributed by atoms with Crippen molar-refractivity contribution in [3.63, 3.8) is 0 Å². The minimum Gasteiger partial charge on any atom is -0.457 e. The van der Waals surface area contributed by atoms with Crippen LogP contribution in [0.1, 0.15) is 30.5 Å². The average molecular weight is 701 g/mol. The predicted octanol–water partition coefficient (Wildman–Crippen LogP) is 12.6. The molecule has 0 saturated heterocycles. The lowest BCUT2D eigenvalue weighted by Gasteiger charge is -2.17. The third-order valence-corrected chi connectivity index (χ3v) is 10.3. The summed E-state index contributed by atoms with van der Waals surface area (Å²) < 4.78 is 11.0. The Hall–Kier alpha value is -6.72. The fourth-order valence-corrected chi connectivity index (χ4v) is 7.78. The maximum absolute atomic E-state index is 6.71. The molecule has 5 nitrogen and oxygen atoms in total. The molecule has 0 bridgehead atoms. The van der Waals surface area contributed by atoms with Gasteiger partial charge in [-0.15, -0.1) is 0 Å². The van der Waals surface area contributed by atoms with Crippen molar-refractivity contribution in [2.75, 3.05) is 0 Å². The van der Waals surface area contributed by atoms with E-state index in [9.17, 15) is 0 Å². The molecule has 3 aromatic heterocycles. The topological polar surface area (TPSA) is 44.9 Å². The highest BCUT2D eigenvalue weighted by atomic mass is 16.5. The van der Waals surface area contributed by atoms with Crippen LogP contribution in [0.2, 0.25) is 0 Å². The molecule has 0 unspecified atom stereocenters.